The van der Waals surface area contributed by atoms with Crippen LogP contribution in [-0.4, -0.2) is 24.9 Å². The Morgan fingerprint density at radius 1 is 1.19 bits per heavy atom. The minimum absolute atomic E-state index is 0.0980. The average Bonchev–Trinajstić information content (AvgIpc) is 2.41. The molecular formula is C15H15ClIN3O. The van der Waals surface area contributed by atoms with E-state index < -0.39 is 0 Å². The second kappa shape index (κ2) is 6.53. The molecule has 21 heavy (non-hydrogen) atoms. The van der Waals surface area contributed by atoms with E-state index in [9.17, 15) is 4.79 Å². The van der Waals surface area contributed by atoms with Gasteiger partial charge in [0.1, 0.15) is 0 Å². The van der Waals surface area contributed by atoms with E-state index >= 15 is 0 Å². The fourth-order valence-corrected chi connectivity index (χ4v) is 2.73. The average molecular weight is 416 g/mol. The third-order valence-corrected chi connectivity index (χ3v) is 3.86. The lowest BCUT2D eigenvalue weighted by Crippen LogP contribution is -2.22. The number of nitrogen functional groups attached to an aromatic ring is 1. The highest BCUT2D eigenvalue weighted by molar-refractivity contribution is 14.1. The molecule has 0 bridgehead atoms. The molecule has 0 fully saturated rings. The Hall–Kier alpha value is -1.47. The van der Waals surface area contributed by atoms with Crippen molar-refractivity contribution < 1.29 is 4.79 Å². The molecule has 0 heterocycles. The molecule has 0 aliphatic carbocycles. The molecule has 0 saturated carbocycles. The van der Waals surface area contributed by atoms with E-state index in [0.29, 0.717) is 22.0 Å². The Morgan fingerprint density at radius 2 is 1.90 bits per heavy atom. The quantitative estimate of drug-likeness (QED) is 0.589. The summed E-state index contributed by atoms with van der Waals surface area (Å²) in [6.07, 6.45) is 0. The lowest BCUT2D eigenvalue weighted by Gasteiger charge is -2.16. The predicted molar refractivity (Wildman–Crippen MR) is 96.3 cm³/mol. The third kappa shape index (κ3) is 3.79. The molecule has 0 saturated heterocycles. The number of carbonyl (C=O) groups is 1. The molecular weight excluding hydrogens is 401 g/mol. The highest BCUT2D eigenvalue weighted by atomic mass is 127. The maximum Gasteiger partial charge on any atom is 0.255 e. The van der Waals surface area contributed by atoms with Crippen molar-refractivity contribution in [3.8, 4) is 0 Å². The van der Waals surface area contributed by atoms with Gasteiger partial charge in [0, 0.05) is 23.4 Å². The molecule has 0 radical (unpaired) electrons. The van der Waals surface area contributed by atoms with Crippen LogP contribution in [0.15, 0.2) is 36.4 Å². The first-order valence-electron chi connectivity index (χ1n) is 6.21. The van der Waals surface area contributed by atoms with Gasteiger partial charge in [-0.05, 0) is 59.0 Å². The van der Waals surface area contributed by atoms with Gasteiger partial charge >= 0.3 is 0 Å². The highest BCUT2D eigenvalue weighted by Crippen LogP contribution is 2.30. The Labute approximate surface area is 142 Å². The van der Waals surface area contributed by atoms with Crippen LogP contribution in [0.4, 0.5) is 17.1 Å². The van der Waals surface area contributed by atoms with E-state index in [1.165, 1.54) is 4.90 Å². The summed E-state index contributed by atoms with van der Waals surface area (Å²) in [5, 5.41) is 3.77. The fraction of sp³-hybridized carbons (Fsp3) is 0.133. The summed E-state index contributed by atoms with van der Waals surface area (Å²) in [5.41, 5.74) is 8.31. The predicted octanol–water partition coefficient (Wildman–Crippen LogP) is 3.97. The second-order valence-corrected chi connectivity index (χ2v) is 6.41. The summed E-state index contributed by atoms with van der Waals surface area (Å²) in [6.45, 7) is 0. The smallest absolute Gasteiger partial charge is 0.255 e. The molecule has 4 nitrogen and oxygen atoms in total. The van der Waals surface area contributed by atoms with Crippen molar-refractivity contribution >= 4 is 57.2 Å². The van der Waals surface area contributed by atoms with E-state index in [-0.39, 0.29) is 5.91 Å². The number of benzene rings is 2. The van der Waals surface area contributed by atoms with Crippen molar-refractivity contribution in [3.05, 3.63) is 50.6 Å². The summed E-state index contributed by atoms with van der Waals surface area (Å²) >= 11 is 8.41. The van der Waals surface area contributed by atoms with Gasteiger partial charge in [-0.15, -0.1) is 0 Å². The first kappa shape index (κ1) is 15.9. The number of hydrogen-bond acceptors (Lipinski definition) is 3. The van der Waals surface area contributed by atoms with E-state index in [2.05, 4.69) is 27.9 Å². The molecule has 110 valence electrons. The number of nitrogens with two attached hydrogens (primary N) is 1. The zero-order valence-corrected chi connectivity index (χ0v) is 14.6. The van der Waals surface area contributed by atoms with Gasteiger partial charge in [-0.2, -0.15) is 0 Å². The number of halogens is 2. The minimum Gasteiger partial charge on any atom is -0.399 e. The van der Waals surface area contributed by atoms with E-state index in [1.54, 1.807) is 32.3 Å². The minimum atomic E-state index is -0.0980. The van der Waals surface area contributed by atoms with Crippen LogP contribution in [0.5, 0.6) is 0 Å². The second-order valence-electron chi connectivity index (χ2n) is 4.75. The number of anilines is 3. The summed E-state index contributed by atoms with van der Waals surface area (Å²) < 4.78 is 1.04. The number of amides is 1. The maximum atomic E-state index is 12.2. The lowest BCUT2D eigenvalue weighted by atomic mass is 10.1. The molecule has 3 N–H and O–H groups in total. The lowest BCUT2D eigenvalue weighted by molar-refractivity contribution is 0.0828. The zero-order valence-electron chi connectivity index (χ0n) is 11.7. The van der Waals surface area contributed by atoms with Crippen LogP contribution in [0.25, 0.3) is 0 Å². The molecule has 2 rings (SSSR count). The fourth-order valence-electron chi connectivity index (χ4n) is 1.83. The normalized spacial score (nSPS) is 10.3. The standard InChI is InChI=1S/C15H15ClIN3O/c1-20(2)15(21)11-5-4-10(18)8-14(11)19-13-6-3-9(17)7-12(13)16/h3-8,19H,18H2,1-2H3. The number of rotatable bonds is 3. The van der Waals surface area contributed by atoms with Crippen molar-refractivity contribution in [2.45, 2.75) is 0 Å². The van der Waals surface area contributed by atoms with Gasteiger partial charge in [0.2, 0.25) is 0 Å². The Morgan fingerprint density at radius 3 is 2.52 bits per heavy atom. The summed E-state index contributed by atoms with van der Waals surface area (Å²) in [4.78, 5) is 13.7. The molecule has 1 amide bonds. The van der Waals surface area contributed by atoms with Gasteiger partial charge in [0.15, 0.2) is 0 Å². The molecule has 2 aromatic rings. The third-order valence-electron chi connectivity index (χ3n) is 2.88. The van der Waals surface area contributed by atoms with Crippen molar-refractivity contribution in [2.75, 3.05) is 25.1 Å². The maximum absolute atomic E-state index is 12.2. The molecule has 0 atom stereocenters. The highest BCUT2D eigenvalue weighted by Gasteiger charge is 2.14. The van der Waals surface area contributed by atoms with Crippen LogP contribution >= 0.6 is 34.2 Å². The van der Waals surface area contributed by atoms with Crippen LogP contribution in [0.1, 0.15) is 10.4 Å². The molecule has 0 unspecified atom stereocenters. The molecule has 2 aromatic carbocycles. The number of hydrogen-bond donors (Lipinski definition) is 2. The van der Waals surface area contributed by atoms with E-state index in [4.69, 9.17) is 17.3 Å². The largest absolute Gasteiger partial charge is 0.399 e. The molecule has 0 spiro atoms. The summed E-state index contributed by atoms with van der Waals surface area (Å²) in [5.74, 6) is -0.0980. The first-order chi connectivity index (χ1) is 9.88. The van der Waals surface area contributed by atoms with Gasteiger partial charge in [-0.3, -0.25) is 4.79 Å². The Balaban J connectivity index is 2.43. The van der Waals surface area contributed by atoms with Crippen molar-refractivity contribution in [1.29, 1.82) is 0 Å². The summed E-state index contributed by atoms with van der Waals surface area (Å²) in [6, 6.07) is 10.8. The van der Waals surface area contributed by atoms with Crippen LogP contribution < -0.4 is 11.1 Å². The van der Waals surface area contributed by atoms with E-state index in [1.807, 2.05) is 18.2 Å². The van der Waals surface area contributed by atoms with Gasteiger partial charge in [-0.1, -0.05) is 11.6 Å². The molecule has 0 aromatic heterocycles. The number of carbonyl (C=O) groups excluding carboxylic acids is 1. The van der Waals surface area contributed by atoms with Gasteiger partial charge in [-0.25, -0.2) is 0 Å². The Kier molecular flexibility index (Phi) is 4.95. The van der Waals surface area contributed by atoms with Gasteiger partial charge in [0.05, 0.1) is 22.0 Å². The molecule has 6 heteroatoms. The van der Waals surface area contributed by atoms with E-state index in [0.717, 1.165) is 9.26 Å². The SMILES string of the molecule is CN(C)C(=O)c1ccc(N)cc1Nc1ccc(I)cc1Cl. The van der Waals surface area contributed by atoms with Gasteiger partial charge < -0.3 is 16.0 Å². The van der Waals surface area contributed by atoms with Gasteiger partial charge in [0.25, 0.3) is 5.91 Å². The van der Waals surface area contributed by atoms with Crippen LogP contribution in [0.3, 0.4) is 0 Å². The van der Waals surface area contributed by atoms with Crippen molar-refractivity contribution in [1.82, 2.24) is 4.90 Å². The Bertz CT molecular complexity index is 689. The number of nitrogens with zero attached hydrogens (tertiary/aromatic N) is 1. The molecule has 0 aliphatic heterocycles. The number of nitrogens with one attached hydrogen (secondary N) is 1. The van der Waals surface area contributed by atoms with Crippen molar-refractivity contribution in [3.63, 3.8) is 0 Å². The van der Waals surface area contributed by atoms with Crippen LogP contribution in [-0.2, 0) is 0 Å². The van der Waals surface area contributed by atoms with Crippen LogP contribution in [0.2, 0.25) is 5.02 Å². The van der Waals surface area contributed by atoms with Crippen molar-refractivity contribution in [2.24, 2.45) is 0 Å². The first-order valence-corrected chi connectivity index (χ1v) is 7.67. The monoisotopic (exact) mass is 415 g/mol. The van der Waals surface area contributed by atoms with Crippen LogP contribution in [0, 0.1) is 3.57 Å². The topological polar surface area (TPSA) is 58.4 Å². The molecule has 0 aliphatic rings. The summed E-state index contributed by atoms with van der Waals surface area (Å²) in [7, 11) is 3.42. The zero-order chi connectivity index (χ0) is 15.6.